The van der Waals surface area contributed by atoms with Gasteiger partial charge in [0.15, 0.2) is 0 Å². The molecule has 0 unspecified atom stereocenters. The summed E-state index contributed by atoms with van der Waals surface area (Å²) >= 11 is 1.69. The lowest BCUT2D eigenvalue weighted by atomic mass is 10.1. The van der Waals surface area contributed by atoms with E-state index in [-0.39, 0.29) is 0 Å². The SMILES string of the molecule is N#CCc1ccsc1-c1ccccc1. The van der Waals surface area contributed by atoms with Crippen LogP contribution < -0.4 is 0 Å². The van der Waals surface area contributed by atoms with Gasteiger partial charge >= 0.3 is 0 Å². The van der Waals surface area contributed by atoms with Gasteiger partial charge in [0.25, 0.3) is 0 Å². The van der Waals surface area contributed by atoms with Crippen LogP contribution in [0.5, 0.6) is 0 Å². The maximum atomic E-state index is 8.66. The number of rotatable bonds is 2. The van der Waals surface area contributed by atoms with Crippen molar-refractivity contribution in [2.75, 3.05) is 0 Å². The standard InChI is InChI=1S/C12H9NS/c13-8-6-11-7-9-14-12(11)10-4-2-1-3-5-10/h1-5,7,9H,6H2. The van der Waals surface area contributed by atoms with Crippen LogP contribution in [0.1, 0.15) is 5.56 Å². The number of hydrogen-bond acceptors (Lipinski definition) is 2. The van der Waals surface area contributed by atoms with Gasteiger partial charge in [0.1, 0.15) is 0 Å². The number of nitrogens with zero attached hydrogens (tertiary/aromatic N) is 1. The molecule has 0 fully saturated rings. The Morgan fingerprint density at radius 1 is 1.14 bits per heavy atom. The third kappa shape index (κ3) is 1.68. The van der Waals surface area contributed by atoms with Crippen LogP contribution in [0.4, 0.5) is 0 Å². The van der Waals surface area contributed by atoms with Crippen LogP contribution in [-0.2, 0) is 6.42 Å². The van der Waals surface area contributed by atoms with Crippen LogP contribution in [0.3, 0.4) is 0 Å². The number of nitriles is 1. The van der Waals surface area contributed by atoms with E-state index in [4.69, 9.17) is 5.26 Å². The molecule has 2 heteroatoms. The van der Waals surface area contributed by atoms with Crippen LogP contribution >= 0.6 is 11.3 Å². The van der Waals surface area contributed by atoms with E-state index in [1.165, 1.54) is 10.4 Å². The maximum absolute atomic E-state index is 8.66. The second kappa shape index (κ2) is 4.08. The van der Waals surface area contributed by atoms with Gasteiger partial charge in [-0.2, -0.15) is 5.26 Å². The Balaban J connectivity index is 2.43. The van der Waals surface area contributed by atoms with Crippen molar-refractivity contribution < 1.29 is 0 Å². The van der Waals surface area contributed by atoms with E-state index < -0.39 is 0 Å². The molecule has 1 nitrogen and oxygen atoms in total. The second-order valence-electron chi connectivity index (χ2n) is 2.98. The highest BCUT2D eigenvalue weighted by atomic mass is 32.1. The van der Waals surface area contributed by atoms with Gasteiger partial charge < -0.3 is 0 Å². The molecule has 0 aliphatic rings. The topological polar surface area (TPSA) is 23.8 Å². The van der Waals surface area contributed by atoms with E-state index in [2.05, 4.69) is 18.2 Å². The fraction of sp³-hybridized carbons (Fsp3) is 0.0833. The molecule has 2 aromatic rings. The molecule has 1 aromatic heterocycles. The first-order valence-corrected chi connectivity index (χ1v) is 5.28. The molecule has 1 heterocycles. The molecule has 0 bridgehead atoms. The third-order valence-electron chi connectivity index (χ3n) is 2.05. The summed E-state index contributed by atoms with van der Waals surface area (Å²) in [5.74, 6) is 0. The molecule has 68 valence electrons. The molecule has 0 saturated carbocycles. The molecule has 1 aromatic carbocycles. The number of hydrogen-bond donors (Lipinski definition) is 0. The van der Waals surface area contributed by atoms with E-state index in [9.17, 15) is 0 Å². The predicted octanol–water partition coefficient (Wildman–Crippen LogP) is 3.48. The normalized spacial score (nSPS) is 9.64. The van der Waals surface area contributed by atoms with Crippen LogP contribution in [-0.4, -0.2) is 0 Å². The van der Waals surface area contributed by atoms with Crippen molar-refractivity contribution in [1.29, 1.82) is 5.26 Å². The monoisotopic (exact) mass is 199 g/mol. The minimum Gasteiger partial charge on any atom is -0.198 e. The highest BCUT2D eigenvalue weighted by Gasteiger charge is 2.05. The van der Waals surface area contributed by atoms with Crippen LogP contribution in [0, 0.1) is 11.3 Å². The Morgan fingerprint density at radius 2 is 1.93 bits per heavy atom. The molecular formula is C12H9NS. The van der Waals surface area contributed by atoms with Crippen LogP contribution in [0.15, 0.2) is 41.8 Å². The van der Waals surface area contributed by atoms with Crippen molar-refractivity contribution in [2.24, 2.45) is 0 Å². The summed E-state index contributed by atoms with van der Waals surface area (Å²) in [5, 5.41) is 10.7. The zero-order valence-electron chi connectivity index (χ0n) is 7.60. The molecule has 0 radical (unpaired) electrons. The number of thiophene rings is 1. The summed E-state index contributed by atoms with van der Waals surface area (Å²) in [6.07, 6.45) is 0.494. The lowest BCUT2D eigenvalue weighted by molar-refractivity contribution is 1.29. The summed E-state index contributed by atoms with van der Waals surface area (Å²) < 4.78 is 0. The van der Waals surface area contributed by atoms with Gasteiger partial charge in [-0.25, -0.2) is 0 Å². The van der Waals surface area contributed by atoms with Gasteiger partial charge in [-0.05, 0) is 22.6 Å². The first kappa shape index (κ1) is 8.98. The summed E-state index contributed by atoms with van der Waals surface area (Å²) in [4.78, 5) is 1.21. The zero-order valence-corrected chi connectivity index (χ0v) is 8.42. The highest BCUT2D eigenvalue weighted by Crippen LogP contribution is 2.29. The number of benzene rings is 1. The van der Waals surface area contributed by atoms with E-state index in [1.54, 1.807) is 11.3 Å². The molecule has 0 spiro atoms. The van der Waals surface area contributed by atoms with Gasteiger partial charge in [0.05, 0.1) is 12.5 Å². The van der Waals surface area contributed by atoms with Crippen molar-refractivity contribution in [1.82, 2.24) is 0 Å². The lowest BCUT2D eigenvalue weighted by Gasteiger charge is -1.99. The van der Waals surface area contributed by atoms with E-state index in [0.717, 1.165) is 5.56 Å². The fourth-order valence-corrected chi connectivity index (χ4v) is 2.34. The minimum absolute atomic E-state index is 0.494. The van der Waals surface area contributed by atoms with Crippen molar-refractivity contribution in [2.45, 2.75) is 6.42 Å². The van der Waals surface area contributed by atoms with Crippen molar-refractivity contribution in [3.63, 3.8) is 0 Å². The molecule has 0 saturated heterocycles. The second-order valence-corrected chi connectivity index (χ2v) is 3.89. The average molecular weight is 199 g/mol. The predicted molar refractivity (Wildman–Crippen MR) is 59.1 cm³/mol. The molecular weight excluding hydrogens is 190 g/mol. The largest absolute Gasteiger partial charge is 0.198 e. The molecule has 0 atom stereocenters. The zero-order chi connectivity index (χ0) is 9.80. The Labute approximate surface area is 87.3 Å². The Kier molecular flexibility index (Phi) is 2.62. The van der Waals surface area contributed by atoms with Crippen molar-refractivity contribution in [3.8, 4) is 16.5 Å². The molecule has 0 amide bonds. The Morgan fingerprint density at radius 3 is 2.64 bits per heavy atom. The maximum Gasteiger partial charge on any atom is 0.0670 e. The van der Waals surface area contributed by atoms with Gasteiger partial charge in [0.2, 0.25) is 0 Å². The van der Waals surface area contributed by atoms with Gasteiger partial charge in [-0.3, -0.25) is 0 Å². The van der Waals surface area contributed by atoms with Crippen molar-refractivity contribution >= 4 is 11.3 Å². The smallest absolute Gasteiger partial charge is 0.0670 e. The fourth-order valence-electron chi connectivity index (χ4n) is 1.40. The molecule has 0 N–H and O–H groups in total. The van der Waals surface area contributed by atoms with Crippen molar-refractivity contribution in [3.05, 3.63) is 47.3 Å². The summed E-state index contributed by atoms with van der Waals surface area (Å²) in [5.41, 5.74) is 2.33. The van der Waals surface area contributed by atoms with Crippen LogP contribution in [0.2, 0.25) is 0 Å². The molecule has 14 heavy (non-hydrogen) atoms. The minimum atomic E-state index is 0.494. The molecule has 0 aliphatic carbocycles. The van der Waals surface area contributed by atoms with E-state index in [1.807, 2.05) is 29.6 Å². The van der Waals surface area contributed by atoms with Gasteiger partial charge in [-0.15, -0.1) is 11.3 Å². The summed E-state index contributed by atoms with van der Waals surface area (Å²) in [6, 6.07) is 14.4. The highest BCUT2D eigenvalue weighted by molar-refractivity contribution is 7.13. The quantitative estimate of drug-likeness (QED) is 0.726. The van der Waals surface area contributed by atoms with Gasteiger partial charge in [-0.1, -0.05) is 30.3 Å². The van der Waals surface area contributed by atoms with Crippen LogP contribution in [0.25, 0.3) is 10.4 Å². The first-order chi connectivity index (χ1) is 6.92. The molecule has 2 rings (SSSR count). The third-order valence-corrected chi connectivity index (χ3v) is 3.06. The first-order valence-electron chi connectivity index (χ1n) is 4.40. The van der Waals surface area contributed by atoms with E-state index >= 15 is 0 Å². The molecule has 0 aliphatic heterocycles. The van der Waals surface area contributed by atoms with E-state index in [0.29, 0.717) is 6.42 Å². The Bertz CT molecular complexity index is 451. The summed E-state index contributed by atoms with van der Waals surface area (Å²) in [7, 11) is 0. The van der Waals surface area contributed by atoms with Gasteiger partial charge in [0, 0.05) is 4.88 Å². The average Bonchev–Trinajstić information content (AvgIpc) is 2.68. The lowest BCUT2D eigenvalue weighted by Crippen LogP contribution is -1.80. The summed E-state index contributed by atoms with van der Waals surface area (Å²) in [6.45, 7) is 0. The Hall–Kier alpha value is -1.59.